The molecule has 1 heterocycles. The minimum atomic E-state index is -1.07. The van der Waals surface area contributed by atoms with Crippen LogP contribution in [0.3, 0.4) is 0 Å². The zero-order valence-corrected chi connectivity index (χ0v) is 18.0. The molecule has 5 aliphatic rings. The summed E-state index contributed by atoms with van der Waals surface area (Å²) in [5.41, 5.74) is 1.44. The van der Waals surface area contributed by atoms with Crippen molar-refractivity contribution in [2.24, 2.45) is 34.5 Å². The van der Waals surface area contributed by atoms with Gasteiger partial charge in [0, 0.05) is 12.3 Å². The maximum Gasteiger partial charge on any atom is 0.238 e. The van der Waals surface area contributed by atoms with E-state index in [9.17, 15) is 9.59 Å². The highest BCUT2D eigenvalue weighted by Gasteiger charge is 2.66. The first-order valence-electron chi connectivity index (χ1n) is 11.2. The molecule has 0 aromatic heterocycles. The fourth-order valence-corrected chi connectivity index (χ4v) is 8.29. The van der Waals surface area contributed by atoms with Gasteiger partial charge in [-0.3, -0.25) is 9.59 Å². The summed E-state index contributed by atoms with van der Waals surface area (Å²) in [7, 11) is 0. The van der Waals surface area contributed by atoms with Crippen molar-refractivity contribution in [3.8, 4) is 0 Å². The second-order valence-corrected chi connectivity index (χ2v) is 11.2. The maximum absolute atomic E-state index is 12.8. The smallest absolute Gasteiger partial charge is 0.238 e. The van der Waals surface area contributed by atoms with Crippen molar-refractivity contribution in [2.75, 3.05) is 0 Å². The minimum Gasteiger partial charge on any atom is -0.311 e. The summed E-state index contributed by atoms with van der Waals surface area (Å²) >= 11 is 0. The highest BCUT2D eigenvalue weighted by molar-refractivity contribution is 5.98. The van der Waals surface area contributed by atoms with Crippen LogP contribution in [0.25, 0.3) is 0 Å². The van der Waals surface area contributed by atoms with Crippen LogP contribution in [0, 0.1) is 34.5 Å². The third-order valence-corrected chi connectivity index (χ3v) is 9.33. The number of allylic oxidation sites excluding steroid dienone is 1. The minimum absolute atomic E-state index is 0.00379. The van der Waals surface area contributed by atoms with Gasteiger partial charge in [-0.1, -0.05) is 19.4 Å². The summed E-state index contributed by atoms with van der Waals surface area (Å²) in [6.07, 6.45) is 9.17. The van der Waals surface area contributed by atoms with E-state index < -0.39 is 11.6 Å². The molecule has 154 valence electrons. The molecular formula is C24H34O4. The van der Waals surface area contributed by atoms with Crippen LogP contribution in [0.5, 0.6) is 0 Å². The van der Waals surface area contributed by atoms with E-state index in [1.165, 1.54) is 12.0 Å². The molecule has 4 aliphatic carbocycles. The van der Waals surface area contributed by atoms with Crippen LogP contribution in [0.2, 0.25) is 0 Å². The van der Waals surface area contributed by atoms with Crippen molar-refractivity contribution in [3.63, 3.8) is 0 Å². The average molecular weight is 387 g/mol. The molecule has 0 aromatic carbocycles. The van der Waals surface area contributed by atoms with Gasteiger partial charge in [-0.05, 0) is 94.0 Å². The van der Waals surface area contributed by atoms with Crippen molar-refractivity contribution >= 4 is 11.6 Å². The first-order valence-corrected chi connectivity index (χ1v) is 11.2. The number of rotatable bonds is 1. The van der Waals surface area contributed by atoms with E-state index in [-0.39, 0.29) is 22.5 Å². The Morgan fingerprint density at radius 1 is 1.04 bits per heavy atom. The molecule has 4 fully saturated rings. The Morgan fingerprint density at radius 3 is 2.39 bits per heavy atom. The van der Waals surface area contributed by atoms with Crippen molar-refractivity contribution in [1.29, 1.82) is 0 Å². The fourth-order valence-electron chi connectivity index (χ4n) is 8.29. The number of Topliss-reactive ketones (excluding diaryl/α,β-unsaturated/α-hetero) is 1. The van der Waals surface area contributed by atoms with Gasteiger partial charge < -0.3 is 9.47 Å². The third-order valence-electron chi connectivity index (χ3n) is 9.33. The Bertz CT molecular complexity index is 771. The Balaban J connectivity index is 1.48. The van der Waals surface area contributed by atoms with E-state index in [2.05, 4.69) is 13.8 Å². The molecule has 0 bridgehead atoms. The zero-order valence-electron chi connectivity index (χ0n) is 18.0. The number of fused-ring (bicyclic) bond motifs is 5. The Labute approximate surface area is 168 Å². The van der Waals surface area contributed by atoms with Crippen LogP contribution >= 0.6 is 0 Å². The number of ketones is 2. The fraction of sp³-hybridized carbons (Fsp3) is 0.833. The van der Waals surface area contributed by atoms with Gasteiger partial charge in [-0.15, -0.1) is 0 Å². The molecule has 0 radical (unpaired) electrons. The summed E-state index contributed by atoms with van der Waals surface area (Å²) in [5, 5.41) is 0. The Kier molecular flexibility index (Phi) is 3.78. The topological polar surface area (TPSA) is 52.6 Å². The van der Waals surface area contributed by atoms with E-state index in [0.29, 0.717) is 30.0 Å². The van der Waals surface area contributed by atoms with Crippen LogP contribution in [0.4, 0.5) is 0 Å². The number of hydrogen-bond acceptors (Lipinski definition) is 4. The lowest BCUT2D eigenvalue weighted by molar-refractivity contribution is -0.482. The summed E-state index contributed by atoms with van der Waals surface area (Å²) in [5.74, 6) is 0.704. The molecule has 0 aromatic rings. The van der Waals surface area contributed by atoms with Crippen molar-refractivity contribution < 1.29 is 19.1 Å². The number of carbonyl (C=O) groups is 2. The molecular weight excluding hydrogens is 352 g/mol. The summed E-state index contributed by atoms with van der Waals surface area (Å²) < 4.78 is 12.1. The van der Waals surface area contributed by atoms with E-state index in [1.807, 2.05) is 19.9 Å². The summed E-state index contributed by atoms with van der Waals surface area (Å²) in [6.45, 7) is 10.3. The quantitative estimate of drug-likeness (QED) is 0.649. The SMILES string of the molecule is CC(=O)[C@@H]1CC[C@H]2[C@@H]3CCC4=CC(=O)C5(C[C@]4(C)[C@H]3CC[C@]12C)OC(C)(C)O5. The highest BCUT2D eigenvalue weighted by Crippen LogP contribution is 2.68. The van der Waals surface area contributed by atoms with E-state index in [4.69, 9.17) is 9.47 Å². The maximum atomic E-state index is 12.8. The van der Waals surface area contributed by atoms with Crippen molar-refractivity contribution in [3.05, 3.63) is 11.6 Å². The molecule has 4 nitrogen and oxygen atoms in total. The molecule has 0 unspecified atom stereocenters. The van der Waals surface area contributed by atoms with Gasteiger partial charge in [0.2, 0.25) is 11.6 Å². The first-order chi connectivity index (χ1) is 13.0. The van der Waals surface area contributed by atoms with Crippen LogP contribution in [0.15, 0.2) is 11.6 Å². The number of ether oxygens (including phenoxy) is 2. The second kappa shape index (κ2) is 5.57. The Hall–Kier alpha value is -1.00. The molecule has 5 rings (SSSR count). The van der Waals surface area contributed by atoms with Gasteiger partial charge in [-0.25, -0.2) is 0 Å². The molecule has 4 heteroatoms. The third kappa shape index (κ3) is 2.31. The average Bonchev–Trinajstić information content (AvgIpc) is 2.92. The largest absolute Gasteiger partial charge is 0.311 e. The van der Waals surface area contributed by atoms with Crippen LogP contribution in [0.1, 0.15) is 79.6 Å². The lowest BCUT2D eigenvalue weighted by atomic mass is 9.46. The molecule has 1 saturated heterocycles. The lowest BCUT2D eigenvalue weighted by Gasteiger charge is -2.62. The van der Waals surface area contributed by atoms with Gasteiger partial charge in [0.05, 0.1) is 0 Å². The lowest BCUT2D eigenvalue weighted by Crippen LogP contribution is -2.68. The van der Waals surface area contributed by atoms with E-state index >= 15 is 0 Å². The number of carbonyl (C=O) groups excluding carboxylic acids is 2. The molecule has 3 saturated carbocycles. The first kappa shape index (κ1) is 19.0. The van der Waals surface area contributed by atoms with E-state index in [0.717, 1.165) is 32.1 Å². The number of hydrogen-bond donors (Lipinski definition) is 0. The van der Waals surface area contributed by atoms with Gasteiger partial charge in [0.15, 0.2) is 5.79 Å². The molecule has 1 spiro atoms. The monoisotopic (exact) mass is 386 g/mol. The standard InChI is InChI=1S/C24H34O4/c1-14(25)17-8-9-18-16-7-6-15-12-20(26)24(27-21(2,3)28-24)13-23(15,5)19(16)10-11-22(17,18)4/h12,16-19H,6-11,13H2,1-5H3/t16-,17-,18-,19-,22+,23-/m0/s1. The summed E-state index contributed by atoms with van der Waals surface area (Å²) in [6, 6.07) is 0. The molecule has 6 atom stereocenters. The predicted octanol–water partition coefficient (Wildman–Crippen LogP) is 4.81. The van der Waals surface area contributed by atoms with Crippen molar-refractivity contribution in [2.45, 2.75) is 91.1 Å². The van der Waals surface area contributed by atoms with Gasteiger partial charge in [-0.2, -0.15) is 0 Å². The van der Waals surface area contributed by atoms with E-state index in [1.54, 1.807) is 6.92 Å². The molecule has 1 aliphatic heterocycles. The van der Waals surface area contributed by atoms with Crippen LogP contribution < -0.4 is 0 Å². The zero-order chi connectivity index (χ0) is 20.1. The molecule has 0 amide bonds. The molecule has 0 N–H and O–H groups in total. The van der Waals surface area contributed by atoms with Crippen molar-refractivity contribution in [1.82, 2.24) is 0 Å². The second-order valence-electron chi connectivity index (χ2n) is 11.2. The highest BCUT2D eigenvalue weighted by atomic mass is 16.9. The normalized spacial score (nSPS) is 48.2. The predicted molar refractivity (Wildman–Crippen MR) is 105 cm³/mol. The molecule has 28 heavy (non-hydrogen) atoms. The summed E-state index contributed by atoms with van der Waals surface area (Å²) in [4.78, 5) is 25.1. The van der Waals surface area contributed by atoms with Gasteiger partial charge in [0.25, 0.3) is 0 Å². The van der Waals surface area contributed by atoms with Gasteiger partial charge >= 0.3 is 0 Å². The van der Waals surface area contributed by atoms with Gasteiger partial charge in [0.1, 0.15) is 5.78 Å². The Morgan fingerprint density at radius 2 is 1.75 bits per heavy atom. The van der Waals surface area contributed by atoms with Crippen LogP contribution in [-0.4, -0.2) is 23.1 Å². The van der Waals surface area contributed by atoms with Crippen LogP contribution in [-0.2, 0) is 19.1 Å².